The number of carbonyl (C=O) groups excluding carboxylic acids is 2. The van der Waals surface area contributed by atoms with Crippen molar-refractivity contribution < 1.29 is 18.7 Å². The number of amides is 3. The Labute approximate surface area is 133 Å². The van der Waals surface area contributed by atoms with E-state index >= 15 is 0 Å². The minimum Gasteiger partial charge on any atom is -0.459 e. The Hall–Kier alpha value is -2.80. The number of carbonyl (C=O) groups is 2. The highest BCUT2D eigenvalue weighted by molar-refractivity contribution is 6.02. The summed E-state index contributed by atoms with van der Waals surface area (Å²) in [4.78, 5) is 25.6. The molecule has 7 nitrogen and oxygen atoms in total. The summed E-state index contributed by atoms with van der Waals surface area (Å²) in [6.07, 6.45) is 1.44. The van der Waals surface area contributed by atoms with Crippen LogP contribution in [0.5, 0.6) is 0 Å². The third-order valence-electron chi connectivity index (χ3n) is 3.44. The first-order valence-corrected chi connectivity index (χ1v) is 7.31. The molecule has 0 spiro atoms. The monoisotopic (exact) mass is 315 g/mol. The fraction of sp³-hybridized carbons (Fsp3) is 0.250. The van der Waals surface area contributed by atoms with E-state index in [2.05, 4.69) is 10.6 Å². The van der Waals surface area contributed by atoms with Crippen LogP contribution in [-0.2, 0) is 4.74 Å². The van der Waals surface area contributed by atoms with Crippen molar-refractivity contribution >= 4 is 23.3 Å². The summed E-state index contributed by atoms with van der Waals surface area (Å²) < 4.78 is 10.2. The quantitative estimate of drug-likeness (QED) is 0.911. The van der Waals surface area contributed by atoms with Gasteiger partial charge in [0.2, 0.25) is 0 Å². The van der Waals surface area contributed by atoms with Crippen LogP contribution in [0.4, 0.5) is 16.2 Å². The molecule has 2 N–H and O–H groups in total. The predicted molar refractivity (Wildman–Crippen MR) is 84.5 cm³/mol. The van der Waals surface area contributed by atoms with Crippen molar-refractivity contribution in [1.82, 2.24) is 4.90 Å². The lowest BCUT2D eigenvalue weighted by atomic mass is 10.2. The summed E-state index contributed by atoms with van der Waals surface area (Å²) >= 11 is 0. The number of hydrogen-bond donors (Lipinski definition) is 2. The van der Waals surface area contributed by atoms with Crippen molar-refractivity contribution in [2.24, 2.45) is 0 Å². The number of urea groups is 1. The van der Waals surface area contributed by atoms with Crippen LogP contribution < -0.4 is 10.6 Å². The summed E-state index contributed by atoms with van der Waals surface area (Å²) in [6.45, 7) is 2.29. The van der Waals surface area contributed by atoms with E-state index in [-0.39, 0.29) is 17.7 Å². The van der Waals surface area contributed by atoms with Gasteiger partial charge in [-0.1, -0.05) is 0 Å². The second kappa shape index (κ2) is 6.97. The van der Waals surface area contributed by atoms with Crippen molar-refractivity contribution in [2.75, 3.05) is 36.9 Å². The molecule has 23 heavy (non-hydrogen) atoms. The zero-order valence-electron chi connectivity index (χ0n) is 12.5. The molecule has 1 aromatic heterocycles. The lowest BCUT2D eigenvalue weighted by molar-refractivity contribution is 0.0564. The summed E-state index contributed by atoms with van der Waals surface area (Å²) in [7, 11) is 0. The van der Waals surface area contributed by atoms with E-state index in [0.29, 0.717) is 37.7 Å². The van der Waals surface area contributed by atoms with Gasteiger partial charge in [-0.25, -0.2) is 4.79 Å². The van der Waals surface area contributed by atoms with E-state index in [1.165, 1.54) is 6.26 Å². The molecule has 1 aliphatic heterocycles. The zero-order chi connectivity index (χ0) is 16.1. The molecule has 0 aliphatic carbocycles. The van der Waals surface area contributed by atoms with Gasteiger partial charge < -0.3 is 24.7 Å². The van der Waals surface area contributed by atoms with Crippen LogP contribution in [0.25, 0.3) is 0 Å². The molecular weight excluding hydrogens is 298 g/mol. The van der Waals surface area contributed by atoms with E-state index in [9.17, 15) is 9.59 Å². The molecule has 0 saturated carbocycles. The summed E-state index contributed by atoms with van der Waals surface area (Å²) in [5.74, 6) is -0.0743. The van der Waals surface area contributed by atoms with Gasteiger partial charge in [-0.2, -0.15) is 0 Å². The maximum atomic E-state index is 12.1. The van der Waals surface area contributed by atoms with E-state index in [1.807, 2.05) is 0 Å². The molecule has 0 radical (unpaired) electrons. The number of nitrogens with one attached hydrogen (secondary N) is 2. The number of anilines is 2. The molecule has 3 rings (SSSR count). The number of benzene rings is 1. The normalized spacial score (nSPS) is 14.3. The summed E-state index contributed by atoms with van der Waals surface area (Å²) in [5.41, 5.74) is 1.29. The fourth-order valence-corrected chi connectivity index (χ4v) is 2.21. The minimum atomic E-state index is -0.319. The maximum absolute atomic E-state index is 12.1. The molecule has 1 aliphatic rings. The Morgan fingerprint density at radius 2 is 1.61 bits per heavy atom. The number of hydrogen-bond acceptors (Lipinski definition) is 4. The van der Waals surface area contributed by atoms with E-state index < -0.39 is 0 Å². The number of ether oxygens (including phenoxy) is 1. The Morgan fingerprint density at radius 1 is 0.957 bits per heavy atom. The first-order valence-electron chi connectivity index (χ1n) is 7.31. The van der Waals surface area contributed by atoms with Crippen molar-refractivity contribution in [2.45, 2.75) is 0 Å². The third-order valence-corrected chi connectivity index (χ3v) is 3.44. The first kappa shape index (κ1) is 15.1. The lowest BCUT2D eigenvalue weighted by Crippen LogP contribution is -2.43. The molecule has 2 heterocycles. The lowest BCUT2D eigenvalue weighted by Gasteiger charge is -2.26. The van der Waals surface area contributed by atoms with Gasteiger partial charge in [0, 0.05) is 24.5 Å². The van der Waals surface area contributed by atoms with Crippen LogP contribution in [0.2, 0.25) is 0 Å². The summed E-state index contributed by atoms with van der Waals surface area (Å²) in [5, 5.41) is 5.54. The first-order chi connectivity index (χ1) is 11.2. The molecule has 0 unspecified atom stereocenters. The van der Waals surface area contributed by atoms with Crippen molar-refractivity contribution in [1.29, 1.82) is 0 Å². The Morgan fingerprint density at radius 3 is 2.22 bits per heavy atom. The zero-order valence-corrected chi connectivity index (χ0v) is 12.5. The van der Waals surface area contributed by atoms with E-state index in [4.69, 9.17) is 9.15 Å². The van der Waals surface area contributed by atoms with Gasteiger partial charge in [0.25, 0.3) is 5.91 Å². The molecular formula is C16H17N3O4. The van der Waals surface area contributed by atoms with Crippen LogP contribution in [0.3, 0.4) is 0 Å². The number of rotatable bonds is 3. The average Bonchev–Trinajstić information content (AvgIpc) is 3.12. The molecule has 1 aromatic carbocycles. The number of furan rings is 1. The van der Waals surface area contributed by atoms with Gasteiger partial charge in [0.05, 0.1) is 19.5 Å². The van der Waals surface area contributed by atoms with Crippen molar-refractivity contribution in [3.05, 3.63) is 48.4 Å². The minimum absolute atomic E-state index is 0.152. The maximum Gasteiger partial charge on any atom is 0.321 e. The molecule has 120 valence electrons. The largest absolute Gasteiger partial charge is 0.459 e. The van der Waals surface area contributed by atoms with E-state index in [0.717, 1.165) is 0 Å². The highest BCUT2D eigenvalue weighted by atomic mass is 16.5. The van der Waals surface area contributed by atoms with Gasteiger partial charge in [0.1, 0.15) is 0 Å². The Kier molecular flexibility index (Phi) is 4.58. The molecule has 1 saturated heterocycles. The fourth-order valence-electron chi connectivity index (χ4n) is 2.21. The van der Waals surface area contributed by atoms with Gasteiger partial charge in [-0.05, 0) is 36.4 Å². The highest BCUT2D eigenvalue weighted by Gasteiger charge is 2.16. The van der Waals surface area contributed by atoms with Crippen LogP contribution >= 0.6 is 0 Å². The predicted octanol–water partition coefficient (Wildman–Crippen LogP) is 2.40. The topological polar surface area (TPSA) is 83.8 Å². The van der Waals surface area contributed by atoms with Crippen LogP contribution in [0.1, 0.15) is 10.6 Å². The smallest absolute Gasteiger partial charge is 0.321 e. The Bertz CT molecular complexity index is 661. The second-order valence-electron chi connectivity index (χ2n) is 5.04. The van der Waals surface area contributed by atoms with Crippen molar-refractivity contribution in [3.63, 3.8) is 0 Å². The number of morpholine rings is 1. The average molecular weight is 315 g/mol. The van der Waals surface area contributed by atoms with Crippen LogP contribution in [-0.4, -0.2) is 43.1 Å². The van der Waals surface area contributed by atoms with Crippen molar-refractivity contribution in [3.8, 4) is 0 Å². The van der Waals surface area contributed by atoms with Gasteiger partial charge >= 0.3 is 6.03 Å². The molecule has 2 aromatic rings. The second-order valence-corrected chi connectivity index (χ2v) is 5.04. The molecule has 0 bridgehead atoms. The van der Waals surface area contributed by atoms with Gasteiger partial charge in [0.15, 0.2) is 5.76 Å². The van der Waals surface area contributed by atoms with Crippen LogP contribution in [0, 0.1) is 0 Å². The highest BCUT2D eigenvalue weighted by Crippen LogP contribution is 2.15. The molecule has 7 heteroatoms. The Balaban J connectivity index is 1.56. The summed E-state index contributed by atoms with van der Waals surface area (Å²) in [6, 6.07) is 9.99. The standard InChI is InChI=1S/C16H17N3O4/c20-15(14-2-1-9-23-14)17-12-3-5-13(6-4-12)18-16(21)19-7-10-22-11-8-19/h1-6,9H,7-8,10-11H2,(H,17,20)(H,18,21). The third kappa shape index (κ3) is 3.89. The van der Waals surface area contributed by atoms with Crippen LogP contribution in [0.15, 0.2) is 47.1 Å². The molecule has 3 amide bonds. The number of nitrogens with zero attached hydrogens (tertiary/aromatic N) is 1. The van der Waals surface area contributed by atoms with Gasteiger partial charge in [-0.15, -0.1) is 0 Å². The molecule has 0 atom stereocenters. The molecule has 1 fully saturated rings. The van der Waals surface area contributed by atoms with Gasteiger partial charge in [-0.3, -0.25) is 4.79 Å². The SMILES string of the molecule is O=C(Nc1ccc(NC(=O)N2CCOCC2)cc1)c1ccco1. The van der Waals surface area contributed by atoms with E-state index in [1.54, 1.807) is 41.3 Å².